The van der Waals surface area contributed by atoms with Crippen molar-refractivity contribution in [2.45, 2.75) is 13.8 Å². The van der Waals surface area contributed by atoms with E-state index in [0.29, 0.717) is 12.2 Å². The Morgan fingerprint density at radius 3 is 2.68 bits per heavy atom. The molecule has 0 heterocycles. The van der Waals surface area contributed by atoms with Crippen molar-refractivity contribution in [3.8, 4) is 6.07 Å². The number of carbonyl (C=O) groups excluding carboxylic acids is 1. The van der Waals surface area contributed by atoms with Crippen molar-refractivity contribution in [1.29, 1.82) is 5.26 Å². The Labute approximate surface area is 111 Å². The molecule has 1 aromatic rings. The molecule has 0 N–H and O–H groups in total. The Balaban J connectivity index is 3.12. The molecule has 0 saturated carbocycles. The van der Waals surface area contributed by atoms with Gasteiger partial charge in [-0.25, -0.2) is 0 Å². The number of hydrogen-bond acceptors (Lipinski definition) is 5. The van der Waals surface area contributed by atoms with E-state index in [0.717, 1.165) is 0 Å². The van der Waals surface area contributed by atoms with Crippen LogP contribution in [0.1, 0.15) is 24.2 Å². The fourth-order valence-corrected chi connectivity index (χ4v) is 1.76. The first-order chi connectivity index (χ1) is 8.86. The molecule has 19 heavy (non-hydrogen) atoms. The van der Waals surface area contributed by atoms with Gasteiger partial charge in [0.25, 0.3) is 5.69 Å². The van der Waals surface area contributed by atoms with E-state index in [1.165, 1.54) is 19.1 Å². The van der Waals surface area contributed by atoms with Crippen LogP contribution >= 0.6 is 0 Å². The lowest BCUT2D eigenvalue weighted by atomic mass is 10.1. The van der Waals surface area contributed by atoms with Gasteiger partial charge in [0, 0.05) is 25.3 Å². The summed E-state index contributed by atoms with van der Waals surface area (Å²) in [7, 11) is 1.75. The van der Waals surface area contributed by atoms with Gasteiger partial charge in [-0.05, 0) is 26.0 Å². The summed E-state index contributed by atoms with van der Waals surface area (Å²) in [5.41, 5.74) is 0.496. The predicted molar refractivity (Wildman–Crippen MR) is 71.1 cm³/mol. The highest BCUT2D eigenvalue weighted by Crippen LogP contribution is 2.25. The summed E-state index contributed by atoms with van der Waals surface area (Å²) in [5, 5.41) is 19.7. The van der Waals surface area contributed by atoms with Crippen LogP contribution < -0.4 is 4.90 Å². The number of nitro groups is 1. The number of nitriles is 1. The van der Waals surface area contributed by atoms with Gasteiger partial charge in [-0.1, -0.05) is 0 Å². The number of carbonyl (C=O) groups is 1. The van der Waals surface area contributed by atoms with Crippen molar-refractivity contribution in [2.75, 3.05) is 18.5 Å². The number of benzene rings is 1. The lowest BCUT2D eigenvalue weighted by molar-refractivity contribution is -0.385. The van der Waals surface area contributed by atoms with E-state index in [9.17, 15) is 14.9 Å². The highest BCUT2D eigenvalue weighted by atomic mass is 16.6. The lowest BCUT2D eigenvalue weighted by Crippen LogP contribution is -2.23. The van der Waals surface area contributed by atoms with Crippen LogP contribution in [0.3, 0.4) is 0 Å². The maximum atomic E-state index is 11.3. The Morgan fingerprint density at radius 1 is 1.58 bits per heavy atom. The summed E-state index contributed by atoms with van der Waals surface area (Å²) < 4.78 is 0. The summed E-state index contributed by atoms with van der Waals surface area (Å²) in [6, 6.07) is 6.56. The van der Waals surface area contributed by atoms with Crippen LogP contribution in [0.5, 0.6) is 0 Å². The molecule has 1 atom stereocenters. The van der Waals surface area contributed by atoms with Crippen LogP contribution in [0.25, 0.3) is 0 Å². The molecule has 0 aliphatic rings. The number of hydrogen-bond donors (Lipinski definition) is 0. The average molecular weight is 261 g/mol. The first-order valence-corrected chi connectivity index (χ1v) is 5.77. The molecule has 1 unspecified atom stereocenters. The minimum atomic E-state index is -0.568. The van der Waals surface area contributed by atoms with Gasteiger partial charge in [0.1, 0.15) is 0 Å². The van der Waals surface area contributed by atoms with Gasteiger partial charge >= 0.3 is 0 Å². The van der Waals surface area contributed by atoms with E-state index in [2.05, 4.69) is 6.07 Å². The van der Waals surface area contributed by atoms with Crippen LogP contribution in [-0.4, -0.2) is 24.3 Å². The van der Waals surface area contributed by atoms with E-state index in [1.54, 1.807) is 24.9 Å². The molecule has 0 saturated heterocycles. The van der Waals surface area contributed by atoms with Gasteiger partial charge in [-0.3, -0.25) is 14.9 Å². The number of Topliss-reactive ketones (excluding diaryl/α,β-unsaturated/α-hetero) is 1. The summed E-state index contributed by atoms with van der Waals surface area (Å²) >= 11 is 0. The molecule has 6 nitrogen and oxygen atoms in total. The van der Waals surface area contributed by atoms with E-state index in [4.69, 9.17) is 5.26 Å². The topological polar surface area (TPSA) is 87.2 Å². The summed E-state index contributed by atoms with van der Waals surface area (Å²) in [6.07, 6.45) is 0. The molecule has 100 valence electrons. The van der Waals surface area contributed by atoms with Crippen molar-refractivity contribution in [1.82, 2.24) is 0 Å². The highest BCUT2D eigenvalue weighted by molar-refractivity contribution is 5.98. The molecule has 0 aromatic heterocycles. The average Bonchev–Trinajstić information content (AvgIpc) is 2.37. The smallest absolute Gasteiger partial charge is 0.282 e. The molecule has 0 aliphatic heterocycles. The normalized spacial score (nSPS) is 11.5. The quantitative estimate of drug-likeness (QED) is 0.461. The molecule has 1 rings (SSSR count). The molecule has 6 heteroatoms. The zero-order valence-corrected chi connectivity index (χ0v) is 11.1. The monoisotopic (exact) mass is 261 g/mol. The molecule has 0 aliphatic carbocycles. The third-order valence-corrected chi connectivity index (χ3v) is 2.77. The zero-order chi connectivity index (χ0) is 14.6. The second-order valence-electron chi connectivity index (χ2n) is 4.43. The molecule has 0 bridgehead atoms. The van der Waals surface area contributed by atoms with E-state index in [-0.39, 0.29) is 23.0 Å². The van der Waals surface area contributed by atoms with Crippen molar-refractivity contribution in [2.24, 2.45) is 5.92 Å². The van der Waals surface area contributed by atoms with Crippen LogP contribution in [0.2, 0.25) is 0 Å². The zero-order valence-electron chi connectivity index (χ0n) is 11.1. The standard InChI is InChI=1S/C13H15N3O3/c1-9(7-14)8-15(3)11-4-5-12(10(2)17)13(6-11)16(18)19/h4-6,9H,8H2,1-3H3. The molecule has 0 amide bonds. The highest BCUT2D eigenvalue weighted by Gasteiger charge is 2.19. The molecular formula is C13H15N3O3. The molecule has 0 fully saturated rings. The van der Waals surface area contributed by atoms with E-state index < -0.39 is 4.92 Å². The summed E-state index contributed by atoms with van der Waals surface area (Å²) in [6.45, 7) is 3.53. The van der Waals surface area contributed by atoms with Crippen molar-refractivity contribution >= 4 is 17.2 Å². The number of nitro benzene ring substituents is 1. The van der Waals surface area contributed by atoms with Crippen molar-refractivity contribution in [3.05, 3.63) is 33.9 Å². The Morgan fingerprint density at radius 2 is 2.21 bits per heavy atom. The van der Waals surface area contributed by atoms with Crippen LogP contribution in [-0.2, 0) is 0 Å². The summed E-state index contributed by atoms with van der Waals surface area (Å²) in [4.78, 5) is 23.5. The summed E-state index contributed by atoms with van der Waals surface area (Å²) in [5.74, 6) is -0.525. The van der Waals surface area contributed by atoms with E-state index >= 15 is 0 Å². The molecule has 0 radical (unpaired) electrons. The Hall–Kier alpha value is -2.42. The van der Waals surface area contributed by atoms with Gasteiger partial charge in [0.05, 0.1) is 22.5 Å². The number of anilines is 1. The third-order valence-electron chi connectivity index (χ3n) is 2.77. The van der Waals surface area contributed by atoms with Gasteiger partial charge in [-0.2, -0.15) is 5.26 Å². The van der Waals surface area contributed by atoms with Crippen molar-refractivity contribution in [3.63, 3.8) is 0 Å². The van der Waals surface area contributed by atoms with Gasteiger partial charge in [0.2, 0.25) is 0 Å². The van der Waals surface area contributed by atoms with Crippen molar-refractivity contribution < 1.29 is 9.72 Å². The van der Waals surface area contributed by atoms with Gasteiger partial charge < -0.3 is 4.90 Å². The molecule has 0 spiro atoms. The number of ketones is 1. The Bertz CT molecular complexity index is 549. The second kappa shape index (κ2) is 5.96. The first kappa shape index (κ1) is 14.6. The van der Waals surface area contributed by atoms with Crippen LogP contribution in [0, 0.1) is 27.4 Å². The fraction of sp³-hybridized carbons (Fsp3) is 0.385. The first-order valence-electron chi connectivity index (χ1n) is 5.77. The maximum Gasteiger partial charge on any atom is 0.282 e. The Kier molecular flexibility index (Phi) is 4.59. The number of rotatable bonds is 5. The number of nitrogens with zero attached hydrogens (tertiary/aromatic N) is 3. The predicted octanol–water partition coefficient (Wildman–Crippen LogP) is 2.39. The van der Waals surface area contributed by atoms with Crippen LogP contribution in [0.15, 0.2) is 18.2 Å². The van der Waals surface area contributed by atoms with E-state index in [1.807, 2.05) is 0 Å². The van der Waals surface area contributed by atoms with Crippen LogP contribution in [0.4, 0.5) is 11.4 Å². The third kappa shape index (κ3) is 3.52. The largest absolute Gasteiger partial charge is 0.373 e. The maximum absolute atomic E-state index is 11.3. The minimum absolute atomic E-state index is 0.0930. The van der Waals surface area contributed by atoms with Gasteiger partial charge in [-0.15, -0.1) is 0 Å². The molecule has 1 aromatic carbocycles. The second-order valence-corrected chi connectivity index (χ2v) is 4.43. The fourth-order valence-electron chi connectivity index (χ4n) is 1.76. The SMILES string of the molecule is CC(=O)c1ccc(N(C)CC(C)C#N)cc1[N+](=O)[O-]. The lowest BCUT2D eigenvalue weighted by Gasteiger charge is -2.20. The molecular weight excluding hydrogens is 246 g/mol. The minimum Gasteiger partial charge on any atom is -0.373 e. The van der Waals surface area contributed by atoms with Gasteiger partial charge in [0.15, 0.2) is 5.78 Å².